The van der Waals surface area contributed by atoms with Gasteiger partial charge in [0.2, 0.25) is 5.91 Å². The molecule has 1 aliphatic rings. The fourth-order valence-corrected chi connectivity index (χ4v) is 3.51. The Morgan fingerprint density at radius 1 is 1.32 bits per heavy atom. The molecule has 1 atom stereocenters. The van der Waals surface area contributed by atoms with E-state index < -0.39 is 0 Å². The van der Waals surface area contributed by atoms with Gasteiger partial charge in [-0.25, -0.2) is 4.98 Å². The van der Waals surface area contributed by atoms with Gasteiger partial charge in [0, 0.05) is 45.6 Å². The van der Waals surface area contributed by atoms with Crippen LogP contribution in [0.2, 0.25) is 0 Å². The van der Waals surface area contributed by atoms with Crippen LogP contribution >= 0.6 is 0 Å². The lowest BCUT2D eigenvalue weighted by Gasteiger charge is -2.35. The number of benzene rings is 1. The van der Waals surface area contributed by atoms with Gasteiger partial charge in [0.25, 0.3) is 0 Å². The SMILES string of the molecule is COc1ccc(CCNC(=O)CN2CCNCC2c2nccn2C)cc1OC. The van der Waals surface area contributed by atoms with E-state index in [0.29, 0.717) is 24.6 Å². The number of carbonyl (C=O) groups is 1. The van der Waals surface area contributed by atoms with Gasteiger partial charge in [-0.3, -0.25) is 9.69 Å². The van der Waals surface area contributed by atoms with E-state index in [2.05, 4.69) is 20.5 Å². The maximum atomic E-state index is 12.5. The first-order chi connectivity index (χ1) is 13.6. The smallest absolute Gasteiger partial charge is 0.234 e. The van der Waals surface area contributed by atoms with Crippen molar-refractivity contribution in [1.29, 1.82) is 0 Å². The number of carbonyl (C=O) groups excluding carboxylic acids is 1. The van der Waals surface area contributed by atoms with Gasteiger partial charge in [0.05, 0.1) is 26.8 Å². The van der Waals surface area contributed by atoms with Crippen molar-refractivity contribution < 1.29 is 14.3 Å². The zero-order chi connectivity index (χ0) is 19.9. The van der Waals surface area contributed by atoms with Crippen LogP contribution < -0.4 is 20.1 Å². The molecular formula is C20H29N5O3. The largest absolute Gasteiger partial charge is 0.493 e. The summed E-state index contributed by atoms with van der Waals surface area (Å²) in [5.74, 6) is 2.41. The monoisotopic (exact) mass is 387 g/mol. The minimum atomic E-state index is 0.0292. The molecule has 8 nitrogen and oxygen atoms in total. The molecule has 1 aromatic carbocycles. The van der Waals surface area contributed by atoms with Crippen molar-refractivity contribution in [2.45, 2.75) is 12.5 Å². The Labute approximate surface area is 165 Å². The summed E-state index contributed by atoms with van der Waals surface area (Å²) < 4.78 is 12.6. The van der Waals surface area contributed by atoms with Crippen LogP contribution in [0.5, 0.6) is 11.5 Å². The number of amides is 1. The molecule has 2 N–H and O–H groups in total. The number of rotatable bonds is 8. The molecule has 1 aromatic heterocycles. The molecule has 1 amide bonds. The molecule has 0 bridgehead atoms. The molecule has 0 spiro atoms. The first-order valence-electron chi connectivity index (χ1n) is 9.52. The second kappa shape index (κ2) is 9.57. The van der Waals surface area contributed by atoms with E-state index in [1.165, 1.54) is 0 Å². The quantitative estimate of drug-likeness (QED) is 0.696. The van der Waals surface area contributed by atoms with Crippen molar-refractivity contribution in [3.8, 4) is 11.5 Å². The summed E-state index contributed by atoms with van der Waals surface area (Å²) in [5.41, 5.74) is 1.09. The molecule has 0 aliphatic carbocycles. The molecule has 2 aromatic rings. The average molecular weight is 387 g/mol. The van der Waals surface area contributed by atoms with Gasteiger partial charge in [-0.1, -0.05) is 6.07 Å². The molecule has 1 aliphatic heterocycles. The van der Waals surface area contributed by atoms with Crippen LogP contribution in [0.4, 0.5) is 0 Å². The molecule has 152 valence electrons. The van der Waals surface area contributed by atoms with Gasteiger partial charge in [0.15, 0.2) is 11.5 Å². The lowest BCUT2D eigenvalue weighted by Crippen LogP contribution is -2.50. The number of nitrogens with one attached hydrogen (secondary N) is 2. The van der Waals surface area contributed by atoms with Gasteiger partial charge < -0.3 is 24.7 Å². The zero-order valence-electron chi connectivity index (χ0n) is 16.8. The van der Waals surface area contributed by atoms with Crippen molar-refractivity contribution in [2.24, 2.45) is 7.05 Å². The minimum absolute atomic E-state index is 0.0292. The van der Waals surface area contributed by atoms with Gasteiger partial charge in [-0.05, 0) is 24.1 Å². The Balaban J connectivity index is 1.51. The van der Waals surface area contributed by atoms with Gasteiger partial charge >= 0.3 is 0 Å². The minimum Gasteiger partial charge on any atom is -0.493 e. The van der Waals surface area contributed by atoms with Crippen LogP contribution in [0.1, 0.15) is 17.4 Å². The fourth-order valence-electron chi connectivity index (χ4n) is 3.51. The molecule has 8 heteroatoms. The predicted molar refractivity (Wildman–Crippen MR) is 107 cm³/mol. The second-order valence-corrected chi connectivity index (χ2v) is 6.88. The van der Waals surface area contributed by atoms with Crippen molar-refractivity contribution in [3.05, 3.63) is 42.0 Å². The highest BCUT2D eigenvalue weighted by Gasteiger charge is 2.28. The number of aryl methyl sites for hydroxylation is 1. The number of hydrogen-bond acceptors (Lipinski definition) is 6. The zero-order valence-corrected chi connectivity index (χ0v) is 16.8. The molecule has 0 saturated carbocycles. The van der Waals surface area contributed by atoms with Crippen molar-refractivity contribution in [2.75, 3.05) is 46.9 Å². The molecule has 3 rings (SSSR count). The molecule has 1 unspecified atom stereocenters. The third-order valence-electron chi connectivity index (χ3n) is 5.04. The average Bonchev–Trinajstić information content (AvgIpc) is 3.14. The number of hydrogen-bond donors (Lipinski definition) is 2. The molecule has 0 radical (unpaired) electrons. The van der Waals surface area contributed by atoms with E-state index in [9.17, 15) is 4.79 Å². The van der Waals surface area contributed by atoms with Crippen LogP contribution in [-0.2, 0) is 18.3 Å². The van der Waals surface area contributed by atoms with Crippen LogP contribution in [0.25, 0.3) is 0 Å². The topological polar surface area (TPSA) is 80.7 Å². The van der Waals surface area contributed by atoms with E-state index in [0.717, 1.165) is 37.4 Å². The Bertz CT molecular complexity index is 792. The van der Waals surface area contributed by atoms with Gasteiger partial charge in [0.1, 0.15) is 5.82 Å². The van der Waals surface area contributed by atoms with E-state index in [-0.39, 0.29) is 11.9 Å². The number of ether oxygens (including phenoxy) is 2. The van der Waals surface area contributed by atoms with E-state index in [4.69, 9.17) is 9.47 Å². The molecule has 28 heavy (non-hydrogen) atoms. The highest BCUT2D eigenvalue weighted by Crippen LogP contribution is 2.27. The Hall–Kier alpha value is -2.58. The van der Waals surface area contributed by atoms with Crippen molar-refractivity contribution in [3.63, 3.8) is 0 Å². The summed E-state index contributed by atoms with van der Waals surface area (Å²) >= 11 is 0. The first-order valence-corrected chi connectivity index (χ1v) is 9.52. The van der Waals surface area contributed by atoms with Crippen molar-refractivity contribution >= 4 is 5.91 Å². The maximum Gasteiger partial charge on any atom is 0.234 e. The molecular weight excluding hydrogens is 358 g/mol. The number of methoxy groups -OCH3 is 2. The predicted octanol–water partition coefficient (Wildman–Crippen LogP) is 0.743. The van der Waals surface area contributed by atoms with Crippen LogP contribution in [0, 0.1) is 0 Å². The lowest BCUT2D eigenvalue weighted by atomic mass is 10.1. The van der Waals surface area contributed by atoms with Crippen molar-refractivity contribution in [1.82, 2.24) is 25.1 Å². The first kappa shape index (κ1) is 20.2. The Morgan fingerprint density at radius 3 is 2.86 bits per heavy atom. The molecule has 1 saturated heterocycles. The van der Waals surface area contributed by atoms with Gasteiger partial charge in [-0.2, -0.15) is 0 Å². The van der Waals surface area contributed by atoms with E-state index in [1.54, 1.807) is 20.4 Å². The Morgan fingerprint density at radius 2 is 2.14 bits per heavy atom. The highest BCUT2D eigenvalue weighted by molar-refractivity contribution is 5.78. The number of nitrogens with zero attached hydrogens (tertiary/aromatic N) is 3. The maximum absolute atomic E-state index is 12.5. The summed E-state index contributed by atoms with van der Waals surface area (Å²) in [6.07, 6.45) is 4.47. The van der Waals surface area contributed by atoms with Crippen LogP contribution in [0.3, 0.4) is 0 Å². The molecule has 2 heterocycles. The van der Waals surface area contributed by atoms with Crippen LogP contribution in [-0.4, -0.2) is 67.3 Å². The third-order valence-corrected chi connectivity index (χ3v) is 5.04. The number of piperazine rings is 1. The van der Waals surface area contributed by atoms with Gasteiger partial charge in [-0.15, -0.1) is 0 Å². The lowest BCUT2D eigenvalue weighted by molar-refractivity contribution is -0.123. The standard InChI is InChI=1S/C20H29N5O3/c1-24-10-9-23-20(24)16-13-21-8-11-25(16)14-19(26)22-7-6-15-4-5-17(27-2)18(12-15)28-3/h4-5,9-10,12,16,21H,6-8,11,13-14H2,1-3H3,(H,22,26). The Kier molecular flexibility index (Phi) is 6.89. The van der Waals surface area contributed by atoms with Crippen LogP contribution in [0.15, 0.2) is 30.6 Å². The summed E-state index contributed by atoms with van der Waals surface area (Å²) in [6.45, 7) is 3.43. The van der Waals surface area contributed by atoms with E-state index in [1.807, 2.05) is 36.0 Å². The summed E-state index contributed by atoms with van der Waals surface area (Å²) in [6, 6.07) is 5.92. The fraction of sp³-hybridized carbons (Fsp3) is 0.500. The third kappa shape index (κ3) is 4.82. The highest BCUT2D eigenvalue weighted by atomic mass is 16.5. The number of imidazole rings is 1. The van der Waals surface area contributed by atoms with E-state index >= 15 is 0 Å². The number of aromatic nitrogens is 2. The molecule has 1 fully saturated rings. The summed E-state index contributed by atoms with van der Waals surface area (Å²) in [7, 11) is 5.22. The normalized spacial score (nSPS) is 17.3. The summed E-state index contributed by atoms with van der Waals surface area (Å²) in [5, 5.41) is 6.41. The summed E-state index contributed by atoms with van der Waals surface area (Å²) in [4.78, 5) is 19.1. The second-order valence-electron chi connectivity index (χ2n) is 6.88.